The molecule has 0 aromatic heterocycles. The average molecular weight is 399 g/mol. The number of hydrogen-bond acceptors (Lipinski definition) is 7. The number of amidine groups is 1. The van der Waals surface area contributed by atoms with Gasteiger partial charge in [-0.25, -0.2) is 4.79 Å². The first-order valence-corrected chi connectivity index (χ1v) is 9.21. The number of hydrogen-bond donors (Lipinski definition) is 2. The van der Waals surface area contributed by atoms with Gasteiger partial charge in [0.25, 0.3) is 0 Å². The lowest BCUT2D eigenvalue weighted by Crippen LogP contribution is -2.19. The Morgan fingerprint density at radius 1 is 1.25 bits per heavy atom. The Morgan fingerprint density at radius 2 is 2.04 bits per heavy atom. The van der Waals surface area contributed by atoms with Crippen molar-refractivity contribution in [3.05, 3.63) is 59.7 Å². The van der Waals surface area contributed by atoms with E-state index >= 15 is 0 Å². The maximum atomic E-state index is 11.7. The number of ether oxygens (including phenoxy) is 2. The van der Waals surface area contributed by atoms with Gasteiger partial charge in [0, 0.05) is 5.56 Å². The van der Waals surface area contributed by atoms with Crippen LogP contribution in [0.1, 0.15) is 17.2 Å². The van der Waals surface area contributed by atoms with Crippen molar-refractivity contribution in [2.45, 2.75) is 6.10 Å². The number of carbonyl (C=O) groups excluding carboxylic acids is 1. The van der Waals surface area contributed by atoms with Crippen LogP contribution in [0.5, 0.6) is 11.5 Å². The van der Waals surface area contributed by atoms with Crippen LogP contribution < -0.4 is 14.8 Å². The number of nitrogens with zero attached hydrogens (tertiary/aromatic N) is 2. The van der Waals surface area contributed by atoms with Gasteiger partial charge in [-0.1, -0.05) is 42.1 Å². The van der Waals surface area contributed by atoms with Crippen molar-refractivity contribution >= 4 is 35.0 Å². The Balaban J connectivity index is 1.82. The smallest absolute Gasteiger partial charge is 0.349 e. The van der Waals surface area contributed by atoms with E-state index in [1.807, 2.05) is 0 Å². The van der Waals surface area contributed by atoms with E-state index in [0.717, 1.165) is 0 Å². The van der Waals surface area contributed by atoms with E-state index in [-0.39, 0.29) is 11.7 Å². The van der Waals surface area contributed by atoms with Gasteiger partial charge < -0.3 is 19.9 Å². The summed E-state index contributed by atoms with van der Waals surface area (Å²) in [6.45, 7) is 0. The zero-order valence-corrected chi connectivity index (χ0v) is 15.7. The minimum absolute atomic E-state index is 0.111. The van der Waals surface area contributed by atoms with Crippen molar-refractivity contribution in [1.82, 2.24) is 5.32 Å². The van der Waals surface area contributed by atoms with Crippen LogP contribution in [0, 0.1) is 0 Å². The van der Waals surface area contributed by atoms with Gasteiger partial charge in [-0.15, -0.1) is 5.10 Å². The quantitative estimate of drug-likeness (QED) is 0.547. The van der Waals surface area contributed by atoms with Gasteiger partial charge in [-0.05, 0) is 23.8 Å². The number of carbonyl (C=O) groups is 2. The zero-order chi connectivity index (χ0) is 19.9. The predicted molar refractivity (Wildman–Crippen MR) is 106 cm³/mol. The minimum atomic E-state index is -1.19. The Kier molecular flexibility index (Phi) is 6.28. The zero-order valence-electron chi connectivity index (χ0n) is 14.9. The fourth-order valence-electron chi connectivity index (χ4n) is 2.41. The molecule has 28 heavy (non-hydrogen) atoms. The van der Waals surface area contributed by atoms with Crippen molar-refractivity contribution in [2.24, 2.45) is 10.2 Å². The lowest BCUT2D eigenvalue weighted by atomic mass is 10.1. The van der Waals surface area contributed by atoms with Crippen molar-refractivity contribution in [3.8, 4) is 11.5 Å². The number of benzene rings is 2. The second kappa shape index (κ2) is 9.05. The SMILES string of the molecule is COc1ccc(C=NN=C2NC(=O)CS2)cc1OC(C(=O)O)c1ccccc1. The van der Waals surface area contributed by atoms with Crippen LogP contribution in [0.4, 0.5) is 0 Å². The number of amides is 1. The summed E-state index contributed by atoms with van der Waals surface area (Å²) in [4.78, 5) is 22.8. The van der Waals surface area contributed by atoms with E-state index < -0.39 is 12.1 Å². The van der Waals surface area contributed by atoms with Crippen LogP contribution in [0.15, 0.2) is 58.7 Å². The summed E-state index contributed by atoms with van der Waals surface area (Å²) in [7, 11) is 1.47. The molecule has 3 rings (SSSR count). The van der Waals surface area contributed by atoms with Gasteiger partial charge in [0.15, 0.2) is 16.7 Å². The van der Waals surface area contributed by atoms with Crippen LogP contribution in [-0.2, 0) is 9.59 Å². The molecule has 0 saturated carbocycles. The highest BCUT2D eigenvalue weighted by molar-refractivity contribution is 8.15. The van der Waals surface area contributed by atoms with E-state index in [2.05, 4.69) is 15.5 Å². The molecular formula is C19H17N3O5S. The Bertz CT molecular complexity index is 930. The second-order valence-corrected chi connectivity index (χ2v) is 6.61. The fourth-order valence-corrected chi connectivity index (χ4v) is 3.04. The van der Waals surface area contributed by atoms with Gasteiger partial charge >= 0.3 is 5.97 Å². The van der Waals surface area contributed by atoms with Gasteiger partial charge in [-0.3, -0.25) is 4.79 Å². The van der Waals surface area contributed by atoms with E-state index in [1.165, 1.54) is 25.1 Å². The molecule has 1 atom stereocenters. The Hall–Kier alpha value is -3.33. The normalized spacial score (nSPS) is 16.2. The first-order chi connectivity index (χ1) is 13.6. The molecular weight excluding hydrogens is 382 g/mol. The fraction of sp³-hybridized carbons (Fsp3) is 0.158. The van der Waals surface area contributed by atoms with E-state index in [1.54, 1.807) is 48.5 Å². The van der Waals surface area contributed by atoms with Crippen LogP contribution in [0.3, 0.4) is 0 Å². The topological polar surface area (TPSA) is 110 Å². The number of aliphatic carboxylic acids is 1. The first kappa shape index (κ1) is 19.4. The Morgan fingerprint density at radius 3 is 2.68 bits per heavy atom. The number of methoxy groups -OCH3 is 1. The minimum Gasteiger partial charge on any atom is -0.493 e. The molecule has 1 saturated heterocycles. The highest BCUT2D eigenvalue weighted by Crippen LogP contribution is 2.32. The Labute approximate surface area is 165 Å². The number of rotatable bonds is 7. The molecule has 2 N–H and O–H groups in total. The monoisotopic (exact) mass is 399 g/mol. The van der Waals surface area contributed by atoms with Gasteiger partial charge in [0.1, 0.15) is 0 Å². The summed E-state index contributed by atoms with van der Waals surface area (Å²) in [6.07, 6.45) is 0.287. The maximum absolute atomic E-state index is 11.7. The van der Waals surface area contributed by atoms with Crippen LogP contribution >= 0.6 is 11.8 Å². The second-order valence-electron chi connectivity index (χ2n) is 5.64. The summed E-state index contributed by atoms with van der Waals surface area (Å²) in [5, 5.41) is 20.4. The van der Waals surface area contributed by atoms with E-state index in [9.17, 15) is 14.7 Å². The molecule has 9 heteroatoms. The molecule has 2 aromatic rings. The largest absolute Gasteiger partial charge is 0.493 e. The van der Waals surface area contributed by atoms with Gasteiger partial charge in [0.2, 0.25) is 12.0 Å². The summed E-state index contributed by atoms with van der Waals surface area (Å²) < 4.78 is 11.0. The lowest BCUT2D eigenvalue weighted by Gasteiger charge is -2.17. The molecule has 1 aliphatic rings. The molecule has 1 aliphatic heterocycles. The highest BCUT2D eigenvalue weighted by Gasteiger charge is 2.23. The predicted octanol–water partition coefficient (Wildman–Crippen LogP) is 2.45. The summed E-state index contributed by atoms with van der Waals surface area (Å²) in [5.74, 6) is -0.249. The number of carboxylic acid groups (broad SMARTS) is 1. The molecule has 1 heterocycles. The van der Waals surface area contributed by atoms with Crippen molar-refractivity contribution in [2.75, 3.05) is 12.9 Å². The lowest BCUT2D eigenvalue weighted by molar-refractivity contribution is -0.145. The third kappa shape index (κ3) is 4.89. The molecule has 0 bridgehead atoms. The number of carboxylic acids is 1. The van der Waals surface area contributed by atoms with E-state index in [0.29, 0.717) is 27.8 Å². The molecule has 1 fully saturated rings. The molecule has 8 nitrogen and oxygen atoms in total. The van der Waals surface area contributed by atoms with Gasteiger partial charge in [0.05, 0.1) is 19.1 Å². The molecule has 2 aromatic carbocycles. The van der Waals surface area contributed by atoms with Crippen molar-refractivity contribution in [3.63, 3.8) is 0 Å². The summed E-state index contributed by atoms with van der Waals surface area (Å²) in [6, 6.07) is 13.6. The molecule has 0 spiro atoms. The van der Waals surface area contributed by atoms with Crippen LogP contribution in [0.2, 0.25) is 0 Å². The molecule has 0 aliphatic carbocycles. The van der Waals surface area contributed by atoms with E-state index in [4.69, 9.17) is 9.47 Å². The standard InChI is InChI=1S/C19H17N3O5S/c1-26-14-8-7-12(10-20-22-19-21-16(23)11-28-19)9-15(14)27-17(18(24)25)13-5-3-2-4-6-13/h2-10,17H,11H2,1H3,(H,24,25)(H,21,22,23). The molecule has 0 radical (unpaired) electrons. The average Bonchev–Trinajstić information content (AvgIpc) is 3.12. The third-order valence-electron chi connectivity index (χ3n) is 3.70. The van der Waals surface area contributed by atoms with Crippen LogP contribution in [0.25, 0.3) is 0 Å². The van der Waals surface area contributed by atoms with Crippen LogP contribution in [-0.4, -0.2) is 41.2 Å². The number of nitrogens with one attached hydrogen (secondary N) is 1. The molecule has 1 unspecified atom stereocenters. The highest BCUT2D eigenvalue weighted by atomic mass is 32.2. The molecule has 1 amide bonds. The van der Waals surface area contributed by atoms with Gasteiger partial charge in [-0.2, -0.15) is 5.10 Å². The maximum Gasteiger partial charge on any atom is 0.349 e. The third-order valence-corrected chi connectivity index (χ3v) is 4.56. The molecule has 144 valence electrons. The van der Waals surface area contributed by atoms with Crippen molar-refractivity contribution in [1.29, 1.82) is 0 Å². The first-order valence-electron chi connectivity index (χ1n) is 8.23. The number of thioether (sulfide) groups is 1. The summed E-state index contributed by atoms with van der Waals surface area (Å²) in [5.41, 5.74) is 1.14. The summed E-state index contributed by atoms with van der Waals surface area (Å²) >= 11 is 1.27. The van der Waals surface area contributed by atoms with Crippen molar-refractivity contribution < 1.29 is 24.2 Å².